The minimum atomic E-state index is -0.467. The van der Waals surface area contributed by atoms with Crippen LogP contribution in [-0.2, 0) is 6.42 Å². The highest BCUT2D eigenvalue weighted by molar-refractivity contribution is 6.30. The first-order valence-electron chi connectivity index (χ1n) is 7.69. The van der Waals surface area contributed by atoms with Crippen LogP contribution in [0.1, 0.15) is 17.2 Å². The SMILES string of the molecule is Oc1c2c(c(O)c3ccccc13)C(Oc1ccc(Cl)cc1)C=CC2. The molecule has 120 valence electrons. The highest BCUT2D eigenvalue weighted by Gasteiger charge is 2.27. The third kappa shape index (κ3) is 2.38. The molecule has 0 aliphatic heterocycles. The molecule has 0 spiro atoms. The zero-order chi connectivity index (χ0) is 16.7. The summed E-state index contributed by atoms with van der Waals surface area (Å²) in [4.78, 5) is 0. The number of allylic oxidation sites excluding steroid dienone is 1. The van der Waals surface area contributed by atoms with Crippen molar-refractivity contribution in [2.75, 3.05) is 0 Å². The lowest BCUT2D eigenvalue weighted by Crippen LogP contribution is -2.12. The summed E-state index contributed by atoms with van der Waals surface area (Å²) in [6, 6.07) is 14.3. The normalized spacial score (nSPS) is 16.1. The first kappa shape index (κ1) is 14.9. The van der Waals surface area contributed by atoms with Crippen LogP contribution in [0.3, 0.4) is 0 Å². The van der Waals surface area contributed by atoms with Crippen molar-refractivity contribution in [1.82, 2.24) is 0 Å². The number of halogens is 1. The van der Waals surface area contributed by atoms with E-state index in [1.165, 1.54) is 0 Å². The largest absolute Gasteiger partial charge is 0.507 e. The van der Waals surface area contributed by atoms with Gasteiger partial charge in [-0.3, -0.25) is 0 Å². The maximum Gasteiger partial charge on any atom is 0.146 e. The molecule has 1 atom stereocenters. The van der Waals surface area contributed by atoms with E-state index in [9.17, 15) is 10.2 Å². The quantitative estimate of drug-likeness (QED) is 0.502. The van der Waals surface area contributed by atoms with E-state index in [0.29, 0.717) is 39.1 Å². The minimum Gasteiger partial charge on any atom is -0.507 e. The lowest BCUT2D eigenvalue weighted by Gasteiger charge is -2.25. The molecule has 0 saturated heterocycles. The molecule has 0 heterocycles. The van der Waals surface area contributed by atoms with Crippen LogP contribution >= 0.6 is 11.6 Å². The summed E-state index contributed by atoms with van der Waals surface area (Å²) in [5.41, 5.74) is 1.32. The third-order valence-corrected chi connectivity index (χ3v) is 4.55. The third-order valence-electron chi connectivity index (χ3n) is 4.30. The maximum atomic E-state index is 10.8. The number of fused-ring (bicyclic) bond motifs is 2. The number of benzene rings is 3. The molecule has 0 saturated carbocycles. The van der Waals surface area contributed by atoms with Gasteiger partial charge >= 0.3 is 0 Å². The second-order valence-electron chi connectivity index (χ2n) is 5.76. The Balaban J connectivity index is 1.84. The number of hydrogen-bond acceptors (Lipinski definition) is 3. The molecule has 1 unspecified atom stereocenters. The summed E-state index contributed by atoms with van der Waals surface area (Å²) < 4.78 is 6.00. The van der Waals surface area contributed by atoms with E-state index in [0.717, 1.165) is 0 Å². The Morgan fingerprint density at radius 3 is 2.29 bits per heavy atom. The van der Waals surface area contributed by atoms with Crippen LogP contribution in [0.5, 0.6) is 17.2 Å². The topological polar surface area (TPSA) is 49.7 Å². The van der Waals surface area contributed by atoms with Gasteiger partial charge in [-0.2, -0.15) is 0 Å². The fourth-order valence-corrected chi connectivity index (χ4v) is 3.28. The molecule has 0 aromatic heterocycles. The molecule has 3 nitrogen and oxygen atoms in total. The van der Waals surface area contributed by atoms with Crippen LogP contribution in [0.15, 0.2) is 60.7 Å². The lowest BCUT2D eigenvalue weighted by molar-refractivity contribution is 0.246. The highest BCUT2D eigenvalue weighted by atomic mass is 35.5. The molecule has 0 radical (unpaired) electrons. The van der Waals surface area contributed by atoms with Crippen molar-refractivity contribution in [2.24, 2.45) is 0 Å². The van der Waals surface area contributed by atoms with Gasteiger partial charge in [0.1, 0.15) is 23.4 Å². The van der Waals surface area contributed by atoms with Gasteiger partial charge in [-0.1, -0.05) is 41.9 Å². The molecule has 0 amide bonds. The zero-order valence-electron chi connectivity index (χ0n) is 12.7. The Morgan fingerprint density at radius 1 is 0.917 bits per heavy atom. The van der Waals surface area contributed by atoms with Crippen LogP contribution in [0.4, 0.5) is 0 Å². The van der Waals surface area contributed by atoms with Gasteiger partial charge in [-0.05, 0) is 36.8 Å². The van der Waals surface area contributed by atoms with Gasteiger partial charge in [0.15, 0.2) is 0 Å². The average Bonchev–Trinajstić information content (AvgIpc) is 2.61. The van der Waals surface area contributed by atoms with E-state index < -0.39 is 6.10 Å². The molecule has 1 aliphatic rings. The van der Waals surface area contributed by atoms with E-state index in [1.54, 1.807) is 36.4 Å². The molecule has 0 fully saturated rings. The Bertz CT molecular complexity index is 945. The van der Waals surface area contributed by atoms with Crippen LogP contribution < -0.4 is 4.74 Å². The first-order valence-corrected chi connectivity index (χ1v) is 8.07. The van der Waals surface area contributed by atoms with E-state index in [1.807, 2.05) is 24.3 Å². The summed E-state index contributed by atoms with van der Waals surface area (Å²) in [5, 5.41) is 23.3. The van der Waals surface area contributed by atoms with Gasteiger partial charge in [0.25, 0.3) is 0 Å². The van der Waals surface area contributed by atoms with Crippen molar-refractivity contribution < 1.29 is 14.9 Å². The number of phenolic OH excluding ortho intramolecular Hbond substituents is 2. The predicted molar refractivity (Wildman–Crippen MR) is 94.9 cm³/mol. The Kier molecular flexibility index (Phi) is 3.58. The fraction of sp³-hybridized carbons (Fsp3) is 0.100. The van der Waals surface area contributed by atoms with E-state index >= 15 is 0 Å². The van der Waals surface area contributed by atoms with Gasteiger partial charge in [0, 0.05) is 26.9 Å². The van der Waals surface area contributed by atoms with E-state index in [4.69, 9.17) is 16.3 Å². The molecular weight excluding hydrogens is 324 g/mol. The van der Waals surface area contributed by atoms with Crippen molar-refractivity contribution in [3.8, 4) is 17.2 Å². The fourth-order valence-electron chi connectivity index (χ4n) is 3.15. The second-order valence-corrected chi connectivity index (χ2v) is 6.20. The molecular formula is C20H15ClO3. The number of aromatic hydroxyl groups is 2. The number of rotatable bonds is 2. The molecule has 2 N–H and O–H groups in total. The van der Waals surface area contributed by atoms with Gasteiger partial charge in [-0.25, -0.2) is 0 Å². The molecule has 0 bridgehead atoms. The van der Waals surface area contributed by atoms with Gasteiger partial charge in [0.2, 0.25) is 0 Å². The van der Waals surface area contributed by atoms with Crippen molar-refractivity contribution in [1.29, 1.82) is 0 Å². The van der Waals surface area contributed by atoms with Crippen molar-refractivity contribution in [2.45, 2.75) is 12.5 Å². The Morgan fingerprint density at radius 2 is 1.58 bits per heavy atom. The van der Waals surface area contributed by atoms with Crippen LogP contribution in [0.2, 0.25) is 5.02 Å². The number of hydrogen-bond donors (Lipinski definition) is 2. The van der Waals surface area contributed by atoms with Gasteiger partial charge in [-0.15, -0.1) is 0 Å². The molecule has 4 heteroatoms. The van der Waals surface area contributed by atoms with E-state index in [-0.39, 0.29) is 11.5 Å². The summed E-state index contributed by atoms with van der Waals surface area (Å²) in [6.45, 7) is 0. The standard InChI is InChI=1S/C20H15ClO3/c21-12-8-10-13(11-9-12)24-17-7-3-6-16-18(17)20(23)15-5-2-1-4-14(15)19(16)22/h1-5,7-11,17,22-23H,6H2. The number of phenols is 2. The molecule has 24 heavy (non-hydrogen) atoms. The average molecular weight is 339 g/mol. The predicted octanol–water partition coefficient (Wildman–Crippen LogP) is 5.14. The lowest BCUT2D eigenvalue weighted by atomic mass is 9.89. The van der Waals surface area contributed by atoms with Gasteiger partial charge in [0.05, 0.1) is 0 Å². The number of ether oxygens (including phenoxy) is 1. The minimum absolute atomic E-state index is 0.154. The molecule has 4 rings (SSSR count). The monoisotopic (exact) mass is 338 g/mol. The highest BCUT2D eigenvalue weighted by Crippen LogP contribution is 2.45. The summed E-state index contributed by atoms with van der Waals surface area (Å²) in [7, 11) is 0. The zero-order valence-corrected chi connectivity index (χ0v) is 13.5. The van der Waals surface area contributed by atoms with Crippen molar-refractivity contribution >= 4 is 22.4 Å². The van der Waals surface area contributed by atoms with Crippen molar-refractivity contribution in [3.05, 3.63) is 76.8 Å². The summed E-state index contributed by atoms with van der Waals surface area (Å²) in [5.74, 6) is 1.00. The second kappa shape index (κ2) is 5.77. The maximum absolute atomic E-state index is 10.8. The summed E-state index contributed by atoms with van der Waals surface area (Å²) in [6.07, 6.45) is 3.92. The molecule has 3 aromatic rings. The van der Waals surface area contributed by atoms with Crippen LogP contribution in [0.25, 0.3) is 10.8 Å². The smallest absolute Gasteiger partial charge is 0.146 e. The van der Waals surface area contributed by atoms with Crippen LogP contribution in [0, 0.1) is 0 Å². The first-order chi connectivity index (χ1) is 11.6. The molecule has 3 aromatic carbocycles. The van der Waals surface area contributed by atoms with Gasteiger partial charge < -0.3 is 14.9 Å². The molecule has 1 aliphatic carbocycles. The Hall–Kier alpha value is -2.65. The van der Waals surface area contributed by atoms with Crippen molar-refractivity contribution in [3.63, 3.8) is 0 Å². The Labute approximate surface area is 144 Å². The van der Waals surface area contributed by atoms with E-state index in [2.05, 4.69) is 0 Å². The van der Waals surface area contributed by atoms with Crippen LogP contribution in [-0.4, -0.2) is 10.2 Å². The summed E-state index contributed by atoms with van der Waals surface area (Å²) >= 11 is 5.90.